The monoisotopic (exact) mass is 359 g/mol. The largest absolute Gasteiger partial charge is 0.380 e. The molecule has 0 radical (unpaired) electrons. The van der Waals surface area contributed by atoms with Crippen LogP contribution in [-0.4, -0.2) is 26.9 Å². The van der Waals surface area contributed by atoms with Crippen LogP contribution >= 0.6 is 0 Å². The van der Waals surface area contributed by atoms with Crippen molar-refractivity contribution in [1.29, 1.82) is 5.26 Å². The van der Waals surface area contributed by atoms with Crippen molar-refractivity contribution in [2.24, 2.45) is 5.41 Å². The second kappa shape index (κ2) is 6.58. The summed E-state index contributed by atoms with van der Waals surface area (Å²) in [4.78, 5) is 0.162. The zero-order valence-corrected chi connectivity index (χ0v) is 14.5. The smallest absolute Gasteiger partial charge is 0.183 e. The number of hydrogen-bond acceptors (Lipinski definition) is 4. The lowest BCUT2D eigenvalue weighted by Gasteiger charge is -2.09. The minimum absolute atomic E-state index is 0.00207. The maximum Gasteiger partial charge on any atom is 0.183 e. The number of nitriles is 1. The quantitative estimate of drug-likeness (QED) is 0.794. The summed E-state index contributed by atoms with van der Waals surface area (Å²) in [5, 5.41) is 8.82. The molecule has 2 aromatic carbocycles. The highest BCUT2D eigenvalue weighted by atomic mass is 32.2. The molecule has 25 heavy (non-hydrogen) atoms. The number of sulfone groups is 1. The summed E-state index contributed by atoms with van der Waals surface area (Å²) in [7, 11) is -3.75. The molecule has 3 rings (SSSR count). The van der Waals surface area contributed by atoms with Gasteiger partial charge in [0.05, 0.1) is 22.8 Å². The average molecular weight is 359 g/mol. The molecule has 0 spiro atoms. The SMILES string of the molecule is CCOC[C@@]1(C#N)[C@@H](c2cccc(F)c2)[C@@H]1S(=O)(=O)c1ccccc1. The number of ether oxygens (including phenoxy) is 1. The molecule has 0 amide bonds. The van der Waals surface area contributed by atoms with E-state index in [-0.39, 0.29) is 11.5 Å². The fourth-order valence-electron chi connectivity index (χ4n) is 3.40. The van der Waals surface area contributed by atoms with Crippen LogP contribution in [0.5, 0.6) is 0 Å². The summed E-state index contributed by atoms with van der Waals surface area (Å²) in [5.41, 5.74) is -0.705. The Hall–Kier alpha value is -2.23. The average Bonchev–Trinajstić information content (AvgIpc) is 3.31. The van der Waals surface area contributed by atoms with E-state index >= 15 is 0 Å². The molecule has 0 aromatic heterocycles. The van der Waals surface area contributed by atoms with Gasteiger partial charge in [0, 0.05) is 12.5 Å². The Morgan fingerprint density at radius 3 is 2.52 bits per heavy atom. The van der Waals surface area contributed by atoms with Crippen molar-refractivity contribution in [1.82, 2.24) is 0 Å². The van der Waals surface area contributed by atoms with Gasteiger partial charge in [0.25, 0.3) is 0 Å². The molecule has 0 heterocycles. The predicted molar refractivity (Wildman–Crippen MR) is 91.1 cm³/mol. The summed E-state index contributed by atoms with van der Waals surface area (Å²) < 4.78 is 45.3. The first-order valence-electron chi connectivity index (χ1n) is 8.01. The fraction of sp³-hybridized carbons (Fsp3) is 0.316. The van der Waals surface area contributed by atoms with Gasteiger partial charge in [0.2, 0.25) is 0 Å². The van der Waals surface area contributed by atoms with Crippen molar-refractivity contribution in [3.05, 3.63) is 66.0 Å². The van der Waals surface area contributed by atoms with Gasteiger partial charge in [-0.15, -0.1) is 0 Å². The molecular formula is C19H18FNO3S. The lowest BCUT2D eigenvalue weighted by Crippen LogP contribution is -2.19. The number of benzene rings is 2. The first-order chi connectivity index (χ1) is 12.0. The van der Waals surface area contributed by atoms with Crippen LogP contribution in [0.25, 0.3) is 0 Å². The molecule has 1 aliphatic carbocycles. The Balaban J connectivity index is 2.08. The van der Waals surface area contributed by atoms with E-state index in [9.17, 15) is 18.1 Å². The van der Waals surface area contributed by atoms with E-state index in [1.54, 1.807) is 31.2 Å². The number of halogens is 1. The minimum Gasteiger partial charge on any atom is -0.380 e. The maximum absolute atomic E-state index is 13.6. The van der Waals surface area contributed by atoms with E-state index in [1.165, 1.54) is 30.3 Å². The Kier molecular flexibility index (Phi) is 4.63. The van der Waals surface area contributed by atoms with Gasteiger partial charge >= 0.3 is 0 Å². The molecule has 0 aliphatic heterocycles. The third-order valence-corrected chi connectivity index (χ3v) is 6.91. The molecular weight excluding hydrogens is 341 g/mol. The standard InChI is InChI=1S/C19H18FNO3S/c1-2-24-13-19(12-21)17(14-7-6-8-15(20)11-14)18(19)25(22,23)16-9-4-3-5-10-16/h3-11,17-18H,2,13H2,1H3/t17-,18-,19-/m0/s1. The maximum atomic E-state index is 13.6. The van der Waals surface area contributed by atoms with Gasteiger partial charge in [-0.1, -0.05) is 30.3 Å². The fourth-order valence-corrected chi connectivity index (χ4v) is 5.73. The number of nitrogens with zero attached hydrogens (tertiary/aromatic N) is 1. The molecule has 1 saturated carbocycles. The van der Waals surface area contributed by atoms with E-state index in [1.807, 2.05) is 0 Å². The van der Waals surface area contributed by atoms with Gasteiger partial charge in [0.1, 0.15) is 11.2 Å². The molecule has 0 bridgehead atoms. The zero-order valence-electron chi connectivity index (χ0n) is 13.7. The van der Waals surface area contributed by atoms with Crippen LogP contribution in [0.15, 0.2) is 59.5 Å². The van der Waals surface area contributed by atoms with E-state index < -0.39 is 32.2 Å². The van der Waals surface area contributed by atoms with Crippen LogP contribution in [0.1, 0.15) is 18.4 Å². The van der Waals surface area contributed by atoms with E-state index in [4.69, 9.17) is 4.74 Å². The normalized spacial score (nSPS) is 25.3. The van der Waals surface area contributed by atoms with Crippen LogP contribution in [0.2, 0.25) is 0 Å². The lowest BCUT2D eigenvalue weighted by molar-refractivity contribution is 0.117. The summed E-state index contributed by atoms with van der Waals surface area (Å²) in [6, 6.07) is 16.0. The third-order valence-electron chi connectivity index (χ3n) is 4.62. The zero-order chi connectivity index (χ0) is 18.1. The van der Waals surface area contributed by atoms with Crippen molar-refractivity contribution in [3.8, 4) is 6.07 Å². The van der Waals surface area contributed by atoms with Crippen molar-refractivity contribution in [3.63, 3.8) is 0 Å². The Labute approximate surface area is 146 Å². The molecule has 3 atom stereocenters. The molecule has 0 unspecified atom stereocenters. The topological polar surface area (TPSA) is 67.2 Å². The van der Waals surface area contributed by atoms with Crippen molar-refractivity contribution < 1.29 is 17.5 Å². The molecule has 130 valence electrons. The van der Waals surface area contributed by atoms with Gasteiger partial charge < -0.3 is 4.74 Å². The van der Waals surface area contributed by atoms with E-state index in [0.717, 1.165) is 0 Å². The predicted octanol–water partition coefficient (Wildman–Crippen LogP) is 3.31. The van der Waals surface area contributed by atoms with Gasteiger partial charge in [-0.2, -0.15) is 5.26 Å². The molecule has 0 saturated heterocycles. The molecule has 6 heteroatoms. The Morgan fingerprint density at radius 2 is 1.92 bits per heavy atom. The molecule has 4 nitrogen and oxygen atoms in total. The second-order valence-electron chi connectivity index (χ2n) is 6.10. The lowest BCUT2D eigenvalue weighted by atomic mass is 10.0. The van der Waals surface area contributed by atoms with Crippen molar-refractivity contribution >= 4 is 9.84 Å². The van der Waals surface area contributed by atoms with E-state index in [0.29, 0.717) is 12.2 Å². The summed E-state index contributed by atoms with van der Waals surface area (Å²) in [6.45, 7) is 2.15. The summed E-state index contributed by atoms with van der Waals surface area (Å²) >= 11 is 0. The number of hydrogen-bond donors (Lipinski definition) is 0. The van der Waals surface area contributed by atoms with Crippen molar-refractivity contribution in [2.75, 3.05) is 13.2 Å². The van der Waals surface area contributed by atoms with Crippen molar-refractivity contribution in [2.45, 2.75) is 23.0 Å². The molecule has 2 aromatic rings. The summed E-state index contributed by atoms with van der Waals surface area (Å²) in [5.74, 6) is -1.08. The first kappa shape index (κ1) is 17.6. The van der Waals surface area contributed by atoms with Crippen LogP contribution in [0.4, 0.5) is 4.39 Å². The van der Waals surface area contributed by atoms with Crippen LogP contribution in [-0.2, 0) is 14.6 Å². The van der Waals surface area contributed by atoms with Gasteiger partial charge in [-0.25, -0.2) is 12.8 Å². The van der Waals surface area contributed by atoms with E-state index in [2.05, 4.69) is 6.07 Å². The van der Waals surface area contributed by atoms with Crippen LogP contribution in [0.3, 0.4) is 0 Å². The highest BCUT2D eigenvalue weighted by Crippen LogP contribution is 2.63. The van der Waals surface area contributed by atoms with Gasteiger partial charge in [0.15, 0.2) is 9.84 Å². The van der Waals surface area contributed by atoms with Crippen LogP contribution in [0, 0.1) is 22.6 Å². The van der Waals surface area contributed by atoms with Crippen LogP contribution < -0.4 is 0 Å². The first-order valence-corrected chi connectivity index (χ1v) is 9.55. The van der Waals surface area contributed by atoms with Gasteiger partial charge in [-0.3, -0.25) is 0 Å². The highest BCUT2D eigenvalue weighted by Gasteiger charge is 2.72. The third kappa shape index (κ3) is 2.94. The number of rotatable bonds is 6. The Morgan fingerprint density at radius 1 is 1.20 bits per heavy atom. The highest BCUT2D eigenvalue weighted by molar-refractivity contribution is 7.92. The minimum atomic E-state index is -3.75. The molecule has 1 fully saturated rings. The molecule has 0 N–H and O–H groups in total. The molecule has 1 aliphatic rings. The Bertz CT molecular complexity index is 908. The second-order valence-corrected chi connectivity index (χ2v) is 8.17. The van der Waals surface area contributed by atoms with Gasteiger partial charge in [-0.05, 0) is 36.8 Å². The summed E-state index contributed by atoms with van der Waals surface area (Å²) in [6.07, 6.45) is 0.